The Hall–Kier alpha value is -3.35. The molecule has 2 aromatic heterocycles. The van der Waals surface area contributed by atoms with E-state index in [1.807, 2.05) is 54.3 Å². The van der Waals surface area contributed by atoms with Crippen LogP contribution in [0.1, 0.15) is 11.1 Å². The highest BCUT2D eigenvalue weighted by Crippen LogP contribution is 2.20. The Morgan fingerprint density at radius 1 is 1.03 bits per heavy atom. The number of hydrogen-bond acceptors (Lipinski definition) is 6. The Balaban J connectivity index is 1.28. The van der Waals surface area contributed by atoms with E-state index in [1.54, 1.807) is 6.26 Å². The summed E-state index contributed by atoms with van der Waals surface area (Å²) in [6.45, 7) is 6.84. The zero-order chi connectivity index (χ0) is 20.2. The second-order valence-electron chi connectivity index (χ2n) is 7.16. The van der Waals surface area contributed by atoms with Crippen LogP contribution >= 0.6 is 0 Å². The second-order valence-corrected chi connectivity index (χ2v) is 7.16. The number of rotatable bonds is 5. The molecule has 150 valence electrons. The fourth-order valence-electron chi connectivity index (χ4n) is 3.27. The lowest BCUT2D eigenvalue weighted by Crippen LogP contribution is -2.50. The van der Waals surface area contributed by atoms with Crippen LogP contribution in [0.25, 0.3) is 11.5 Å². The molecule has 0 atom stereocenters. The van der Waals surface area contributed by atoms with E-state index in [0.717, 1.165) is 17.1 Å². The van der Waals surface area contributed by atoms with Crippen LogP contribution in [-0.4, -0.2) is 53.8 Å². The summed E-state index contributed by atoms with van der Waals surface area (Å²) in [6, 6.07) is 13.4. The molecule has 0 radical (unpaired) electrons. The number of benzene rings is 1. The van der Waals surface area contributed by atoms with Gasteiger partial charge in [-0.3, -0.25) is 4.79 Å². The number of ether oxygens (including phenoxy) is 1. The predicted octanol–water partition coefficient (Wildman–Crippen LogP) is 3.08. The zero-order valence-corrected chi connectivity index (χ0v) is 16.7. The standard InChI is InChI=1S/C22H24N4O3/c1-16-5-6-18(14-17(16)2)29-15-22(27)26-11-9-25(10-12-26)21-8-7-19(23-24-21)20-4-3-13-28-20/h3-8,13-14H,9-12,15H2,1-2H3. The molecule has 29 heavy (non-hydrogen) atoms. The van der Waals surface area contributed by atoms with Gasteiger partial charge in [0, 0.05) is 26.2 Å². The fraction of sp³-hybridized carbons (Fsp3) is 0.318. The molecule has 1 saturated heterocycles. The summed E-state index contributed by atoms with van der Waals surface area (Å²) in [5.41, 5.74) is 3.07. The van der Waals surface area contributed by atoms with Gasteiger partial charge in [0.15, 0.2) is 18.2 Å². The van der Waals surface area contributed by atoms with Gasteiger partial charge >= 0.3 is 0 Å². The van der Waals surface area contributed by atoms with Gasteiger partial charge in [-0.15, -0.1) is 10.2 Å². The molecule has 0 bridgehead atoms. The van der Waals surface area contributed by atoms with Crippen LogP contribution in [0.3, 0.4) is 0 Å². The molecule has 1 fully saturated rings. The number of nitrogens with zero attached hydrogens (tertiary/aromatic N) is 4. The molecule has 0 N–H and O–H groups in total. The first-order chi connectivity index (χ1) is 14.1. The molecule has 4 rings (SSSR count). The van der Waals surface area contributed by atoms with Gasteiger partial charge in [0.2, 0.25) is 0 Å². The summed E-state index contributed by atoms with van der Waals surface area (Å²) >= 11 is 0. The lowest BCUT2D eigenvalue weighted by Gasteiger charge is -2.35. The first-order valence-electron chi connectivity index (χ1n) is 9.70. The number of piperazine rings is 1. The third-order valence-electron chi connectivity index (χ3n) is 5.22. The van der Waals surface area contributed by atoms with E-state index in [1.165, 1.54) is 5.56 Å². The van der Waals surface area contributed by atoms with Crippen molar-refractivity contribution in [2.75, 3.05) is 37.7 Å². The van der Waals surface area contributed by atoms with Gasteiger partial charge in [-0.2, -0.15) is 0 Å². The average Bonchev–Trinajstić information content (AvgIpc) is 3.29. The normalized spacial score (nSPS) is 14.1. The lowest BCUT2D eigenvalue weighted by molar-refractivity contribution is -0.133. The number of amides is 1. The van der Waals surface area contributed by atoms with Crippen molar-refractivity contribution >= 4 is 11.7 Å². The molecule has 7 heteroatoms. The van der Waals surface area contributed by atoms with E-state index in [2.05, 4.69) is 22.0 Å². The number of carbonyl (C=O) groups excluding carboxylic acids is 1. The van der Waals surface area contributed by atoms with Crippen molar-refractivity contribution in [1.29, 1.82) is 0 Å². The van der Waals surface area contributed by atoms with E-state index >= 15 is 0 Å². The van der Waals surface area contributed by atoms with Crippen LogP contribution in [-0.2, 0) is 4.79 Å². The Morgan fingerprint density at radius 2 is 1.86 bits per heavy atom. The van der Waals surface area contributed by atoms with E-state index in [-0.39, 0.29) is 12.5 Å². The Labute approximate surface area is 169 Å². The maximum absolute atomic E-state index is 12.5. The highest BCUT2D eigenvalue weighted by atomic mass is 16.5. The van der Waals surface area contributed by atoms with Crippen LogP contribution < -0.4 is 9.64 Å². The third-order valence-corrected chi connectivity index (χ3v) is 5.22. The summed E-state index contributed by atoms with van der Waals surface area (Å²) in [5, 5.41) is 8.55. The number of anilines is 1. The quantitative estimate of drug-likeness (QED) is 0.665. The zero-order valence-electron chi connectivity index (χ0n) is 16.7. The molecular formula is C22H24N4O3. The summed E-state index contributed by atoms with van der Waals surface area (Å²) in [6.07, 6.45) is 1.62. The Bertz CT molecular complexity index is 962. The predicted molar refractivity (Wildman–Crippen MR) is 110 cm³/mol. The average molecular weight is 392 g/mol. The van der Waals surface area contributed by atoms with Crippen molar-refractivity contribution < 1.29 is 13.9 Å². The molecule has 1 amide bonds. The minimum Gasteiger partial charge on any atom is -0.484 e. The highest BCUT2D eigenvalue weighted by Gasteiger charge is 2.22. The molecule has 7 nitrogen and oxygen atoms in total. The minimum atomic E-state index is 0.00197. The highest BCUT2D eigenvalue weighted by molar-refractivity contribution is 5.78. The first kappa shape index (κ1) is 19.0. The molecule has 0 unspecified atom stereocenters. The SMILES string of the molecule is Cc1ccc(OCC(=O)N2CCN(c3ccc(-c4ccco4)nn3)CC2)cc1C. The van der Waals surface area contributed by atoms with E-state index < -0.39 is 0 Å². The molecule has 1 aliphatic heterocycles. The number of furan rings is 1. The maximum Gasteiger partial charge on any atom is 0.260 e. The van der Waals surface area contributed by atoms with Crippen LogP contribution in [0.15, 0.2) is 53.1 Å². The summed E-state index contributed by atoms with van der Waals surface area (Å²) < 4.78 is 11.0. The molecule has 0 saturated carbocycles. The number of hydrogen-bond donors (Lipinski definition) is 0. The number of aryl methyl sites for hydroxylation is 2. The van der Waals surface area contributed by atoms with E-state index in [4.69, 9.17) is 9.15 Å². The molecule has 0 spiro atoms. The largest absolute Gasteiger partial charge is 0.484 e. The second kappa shape index (κ2) is 8.34. The Morgan fingerprint density at radius 3 is 2.52 bits per heavy atom. The van der Waals surface area contributed by atoms with Crippen molar-refractivity contribution in [1.82, 2.24) is 15.1 Å². The molecule has 1 aliphatic rings. The van der Waals surface area contributed by atoms with Gasteiger partial charge in [-0.25, -0.2) is 0 Å². The first-order valence-corrected chi connectivity index (χ1v) is 9.70. The summed E-state index contributed by atoms with van der Waals surface area (Å²) in [4.78, 5) is 16.5. The van der Waals surface area contributed by atoms with Crippen LogP contribution in [0, 0.1) is 13.8 Å². The molecule has 1 aromatic carbocycles. The summed E-state index contributed by atoms with van der Waals surface area (Å²) in [7, 11) is 0. The third kappa shape index (κ3) is 4.39. The van der Waals surface area contributed by atoms with Crippen LogP contribution in [0.4, 0.5) is 5.82 Å². The van der Waals surface area contributed by atoms with Crippen molar-refractivity contribution in [3.05, 3.63) is 59.9 Å². The van der Waals surface area contributed by atoms with Crippen LogP contribution in [0.5, 0.6) is 5.75 Å². The van der Waals surface area contributed by atoms with Gasteiger partial charge in [0.05, 0.1) is 6.26 Å². The Kier molecular flexibility index (Phi) is 5.46. The maximum atomic E-state index is 12.5. The molecular weight excluding hydrogens is 368 g/mol. The van der Waals surface area contributed by atoms with Crippen LogP contribution in [0.2, 0.25) is 0 Å². The topological polar surface area (TPSA) is 71.7 Å². The lowest BCUT2D eigenvalue weighted by atomic mass is 10.1. The van der Waals surface area contributed by atoms with E-state index in [0.29, 0.717) is 37.6 Å². The van der Waals surface area contributed by atoms with Crippen molar-refractivity contribution in [2.24, 2.45) is 0 Å². The minimum absolute atomic E-state index is 0.00197. The van der Waals surface area contributed by atoms with Gasteiger partial charge in [-0.05, 0) is 61.4 Å². The molecule has 3 heterocycles. The monoisotopic (exact) mass is 392 g/mol. The van der Waals surface area contributed by atoms with Gasteiger partial charge in [-0.1, -0.05) is 6.07 Å². The van der Waals surface area contributed by atoms with Gasteiger partial charge in [0.1, 0.15) is 11.4 Å². The number of aromatic nitrogens is 2. The fourth-order valence-corrected chi connectivity index (χ4v) is 3.27. The van der Waals surface area contributed by atoms with Gasteiger partial charge in [0.25, 0.3) is 5.91 Å². The van der Waals surface area contributed by atoms with Gasteiger partial charge < -0.3 is 19.0 Å². The smallest absolute Gasteiger partial charge is 0.260 e. The van der Waals surface area contributed by atoms with E-state index in [9.17, 15) is 4.79 Å². The molecule has 0 aliphatic carbocycles. The van der Waals surface area contributed by atoms with Crippen molar-refractivity contribution in [3.8, 4) is 17.2 Å². The molecule has 3 aromatic rings. The van der Waals surface area contributed by atoms with Crippen molar-refractivity contribution in [2.45, 2.75) is 13.8 Å². The number of carbonyl (C=O) groups is 1. The van der Waals surface area contributed by atoms with Crippen molar-refractivity contribution in [3.63, 3.8) is 0 Å². The summed E-state index contributed by atoms with van der Waals surface area (Å²) in [5.74, 6) is 2.23.